The maximum absolute atomic E-state index is 10.6. The molecule has 0 saturated heterocycles. The van der Waals surface area contributed by atoms with Gasteiger partial charge in [-0.15, -0.1) is 0 Å². The number of thiol groups is 1. The summed E-state index contributed by atoms with van der Waals surface area (Å²) in [6.45, 7) is 1.94. The minimum absolute atomic E-state index is 0.129. The smallest absolute Gasteiger partial charge is 0.306 e. The normalized spacial score (nSPS) is 12.8. The molecule has 1 atom stereocenters. The molecule has 0 aromatic heterocycles. The van der Waals surface area contributed by atoms with Crippen LogP contribution in [-0.4, -0.2) is 16.8 Å². The molecule has 0 fully saturated rings. The predicted molar refractivity (Wildman–Crippen MR) is 58.4 cm³/mol. The van der Waals surface area contributed by atoms with E-state index in [0.717, 1.165) is 37.9 Å². The van der Waals surface area contributed by atoms with Crippen LogP contribution < -0.4 is 0 Å². The highest BCUT2D eigenvalue weighted by atomic mass is 32.1. The van der Waals surface area contributed by atoms with Crippen molar-refractivity contribution in [3.63, 3.8) is 0 Å². The maximum atomic E-state index is 10.6. The van der Waals surface area contributed by atoms with Crippen molar-refractivity contribution in [1.29, 1.82) is 0 Å². The van der Waals surface area contributed by atoms with Gasteiger partial charge in [-0.05, 0) is 25.0 Å². The van der Waals surface area contributed by atoms with Crippen LogP contribution in [0.5, 0.6) is 0 Å². The summed E-state index contributed by atoms with van der Waals surface area (Å²) in [6.07, 6.45) is 6.09. The first-order valence-corrected chi connectivity index (χ1v) is 5.69. The predicted octanol–water partition coefficient (Wildman–Crippen LogP) is 2.98. The Morgan fingerprint density at radius 1 is 1.31 bits per heavy atom. The molecule has 0 rings (SSSR count). The van der Waals surface area contributed by atoms with Gasteiger partial charge in [0, 0.05) is 0 Å². The van der Waals surface area contributed by atoms with E-state index < -0.39 is 5.97 Å². The Kier molecular flexibility index (Phi) is 8.30. The van der Waals surface area contributed by atoms with Crippen LogP contribution in [-0.2, 0) is 4.79 Å². The van der Waals surface area contributed by atoms with Crippen molar-refractivity contribution >= 4 is 18.6 Å². The molecule has 0 aromatic rings. The standard InChI is InChI=1S/C10H20O2S/c1-2-9(10(11)12)7-5-3-4-6-8-13/h9,13H,2-8H2,1H3,(H,11,12). The van der Waals surface area contributed by atoms with Gasteiger partial charge in [0.15, 0.2) is 0 Å². The fourth-order valence-corrected chi connectivity index (χ4v) is 1.58. The molecule has 0 radical (unpaired) electrons. The largest absolute Gasteiger partial charge is 0.481 e. The lowest BCUT2D eigenvalue weighted by atomic mass is 9.99. The zero-order valence-corrected chi connectivity index (χ0v) is 9.22. The Labute approximate surface area is 86.1 Å². The highest BCUT2D eigenvalue weighted by molar-refractivity contribution is 7.80. The third-order valence-corrected chi connectivity index (χ3v) is 2.62. The quantitative estimate of drug-likeness (QED) is 0.471. The Bertz CT molecular complexity index is 137. The van der Waals surface area contributed by atoms with Gasteiger partial charge in [-0.1, -0.05) is 26.2 Å². The van der Waals surface area contributed by atoms with Gasteiger partial charge in [-0.25, -0.2) is 0 Å². The minimum atomic E-state index is -0.642. The molecule has 3 heteroatoms. The second-order valence-electron chi connectivity index (χ2n) is 3.37. The van der Waals surface area contributed by atoms with Gasteiger partial charge in [0.25, 0.3) is 0 Å². The first-order chi connectivity index (χ1) is 6.22. The molecular formula is C10H20O2S. The van der Waals surface area contributed by atoms with Crippen molar-refractivity contribution in [3.05, 3.63) is 0 Å². The summed E-state index contributed by atoms with van der Waals surface area (Å²) in [6, 6.07) is 0. The molecule has 1 N–H and O–H groups in total. The van der Waals surface area contributed by atoms with E-state index in [2.05, 4.69) is 12.6 Å². The van der Waals surface area contributed by atoms with E-state index in [-0.39, 0.29) is 5.92 Å². The van der Waals surface area contributed by atoms with E-state index in [0.29, 0.717) is 0 Å². The average molecular weight is 204 g/mol. The van der Waals surface area contributed by atoms with Crippen molar-refractivity contribution < 1.29 is 9.90 Å². The molecular weight excluding hydrogens is 184 g/mol. The van der Waals surface area contributed by atoms with Gasteiger partial charge in [0.2, 0.25) is 0 Å². The number of carboxylic acids is 1. The van der Waals surface area contributed by atoms with Crippen LogP contribution in [0.15, 0.2) is 0 Å². The van der Waals surface area contributed by atoms with E-state index in [1.54, 1.807) is 0 Å². The zero-order chi connectivity index (χ0) is 10.1. The topological polar surface area (TPSA) is 37.3 Å². The van der Waals surface area contributed by atoms with Crippen molar-refractivity contribution in [2.24, 2.45) is 5.92 Å². The average Bonchev–Trinajstić information content (AvgIpc) is 2.10. The molecule has 1 unspecified atom stereocenters. The highest BCUT2D eigenvalue weighted by Gasteiger charge is 2.13. The van der Waals surface area contributed by atoms with Crippen molar-refractivity contribution in [1.82, 2.24) is 0 Å². The number of rotatable bonds is 8. The molecule has 0 aliphatic rings. The Hall–Kier alpha value is -0.180. The Morgan fingerprint density at radius 3 is 2.38 bits per heavy atom. The summed E-state index contributed by atoms with van der Waals surface area (Å²) in [5.41, 5.74) is 0. The van der Waals surface area contributed by atoms with Gasteiger partial charge >= 0.3 is 5.97 Å². The molecule has 0 saturated carbocycles. The second kappa shape index (κ2) is 8.42. The molecule has 0 aliphatic heterocycles. The summed E-state index contributed by atoms with van der Waals surface area (Å²) in [5, 5.41) is 8.76. The van der Waals surface area contributed by atoms with Gasteiger partial charge < -0.3 is 5.11 Å². The summed E-state index contributed by atoms with van der Waals surface area (Å²) in [5.74, 6) is 0.170. The minimum Gasteiger partial charge on any atom is -0.481 e. The lowest BCUT2D eigenvalue weighted by Crippen LogP contribution is -2.12. The number of carboxylic acid groups (broad SMARTS) is 1. The lowest BCUT2D eigenvalue weighted by Gasteiger charge is -2.08. The Morgan fingerprint density at radius 2 is 1.92 bits per heavy atom. The molecule has 78 valence electrons. The maximum Gasteiger partial charge on any atom is 0.306 e. The molecule has 0 spiro atoms. The molecule has 0 heterocycles. The van der Waals surface area contributed by atoms with Crippen LogP contribution >= 0.6 is 12.6 Å². The molecule has 13 heavy (non-hydrogen) atoms. The van der Waals surface area contributed by atoms with Crippen molar-refractivity contribution in [2.45, 2.75) is 45.4 Å². The SMILES string of the molecule is CCC(CCCCCCS)C(=O)O. The third kappa shape index (κ3) is 6.94. The number of aliphatic carboxylic acids is 1. The highest BCUT2D eigenvalue weighted by Crippen LogP contribution is 2.14. The monoisotopic (exact) mass is 204 g/mol. The first-order valence-electron chi connectivity index (χ1n) is 5.06. The van der Waals surface area contributed by atoms with E-state index in [4.69, 9.17) is 5.11 Å². The van der Waals surface area contributed by atoms with Crippen LogP contribution in [0.4, 0.5) is 0 Å². The first kappa shape index (κ1) is 12.8. The van der Waals surface area contributed by atoms with Gasteiger partial charge in [-0.3, -0.25) is 4.79 Å². The van der Waals surface area contributed by atoms with E-state index in [1.807, 2.05) is 6.92 Å². The van der Waals surface area contributed by atoms with E-state index >= 15 is 0 Å². The number of carbonyl (C=O) groups is 1. The van der Waals surface area contributed by atoms with E-state index in [9.17, 15) is 4.79 Å². The number of hydrogen-bond donors (Lipinski definition) is 2. The van der Waals surface area contributed by atoms with Gasteiger partial charge in [-0.2, -0.15) is 12.6 Å². The van der Waals surface area contributed by atoms with Crippen LogP contribution in [0, 0.1) is 5.92 Å². The Balaban J connectivity index is 3.33. The van der Waals surface area contributed by atoms with Crippen molar-refractivity contribution in [2.75, 3.05) is 5.75 Å². The summed E-state index contributed by atoms with van der Waals surface area (Å²) in [4.78, 5) is 10.6. The summed E-state index contributed by atoms with van der Waals surface area (Å²) < 4.78 is 0. The number of hydrogen-bond acceptors (Lipinski definition) is 2. The molecule has 0 bridgehead atoms. The van der Waals surface area contributed by atoms with Gasteiger partial charge in [0.1, 0.15) is 0 Å². The van der Waals surface area contributed by atoms with Gasteiger partial charge in [0.05, 0.1) is 5.92 Å². The lowest BCUT2D eigenvalue weighted by molar-refractivity contribution is -0.142. The van der Waals surface area contributed by atoms with Crippen LogP contribution in [0.2, 0.25) is 0 Å². The zero-order valence-electron chi connectivity index (χ0n) is 8.33. The second-order valence-corrected chi connectivity index (χ2v) is 3.82. The number of unbranched alkanes of at least 4 members (excludes halogenated alkanes) is 3. The van der Waals surface area contributed by atoms with Crippen LogP contribution in [0.1, 0.15) is 45.4 Å². The fourth-order valence-electron chi connectivity index (χ4n) is 1.36. The molecule has 2 nitrogen and oxygen atoms in total. The summed E-state index contributed by atoms with van der Waals surface area (Å²) in [7, 11) is 0. The molecule has 0 aliphatic carbocycles. The molecule has 0 aromatic carbocycles. The summed E-state index contributed by atoms with van der Waals surface area (Å²) >= 11 is 4.12. The van der Waals surface area contributed by atoms with E-state index in [1.165, 1.54) is 6.42 Å². The van der Waals surface area contributed by atoms with Crippen LogP contribution in [0.3, 0.4) is 0 Å². The fraction of sp³-hybridized carbons (Fsp3) is 0.900. The van der Waals surface area contributed by atoms with Crippen molar-refractivity contribution in [3.8, 4) is 0 Å². The molecule has 0 amide bonds. The third-order valence-electron chi connectivity index (χ3n) is 2.30. The van der Waals surface area contributed by atoms with Crippen LogP contribution in [0.25, 0.3) is 0 Å².